The molecule has 1 unspecified atom stereocenters. The molecule has 1 radical (unpaired) electrons. The van der Waals surface area contributed by atoms with Crippen molar-refractivity contribution >= 4 is 14.5 Å². The molecule has 0 heterocycles. The van der Waals surface area contributed by atoms with Crippen LogP contribution in [0.2, 0.25) is 0 Å². The van der Waals surface area contributed by atoms with Gasteiger partial charge in [0.25, 0.3) is 0 Å². The topological polar surface area (TPSA) is 9.23 Å². The fourth-order valence-electron chi connectivity index (χ4n) is 0.912. The molecule has 20 heavy (non-hydrogen) atoms. The van der Waals surface area contributed by atoms with Crippen LogP contribution >= 0.6 is 9.24 Å². The molecule has 1 nitrogen and oxygen atoms in total. The van der Waals surface area contributed by atoms with Gasteiger partial charge in [0.15, 0.2) is 0 Å². The summed E-state index contributed by atoms with van der Waals surface area (Å²) in [6, 6.07) is 8.90. The molecule has 1 rings (SSSR count). The minimum Gasteiger partial charge on any atom is -0.381 e. The SMILES string of the molecule is CC.CC.CCCOCCC.Cc1cc[c-]cc1P.[Nb]. The summed E-state index contributed by atoms with van der Waals surface area (Å²) in [5, 5.41) is 1.23. The molecule has 1 aromatic carbocycles. The van der Waals surface area contributed by atoms with Crippen LogP contribution in [-0.2, 0) is 27.1 Å². The molecule has 0 aromatic heterocycles. The summed E-state index contributed by atoms with van der Waals surface area (Å²) < 4.78 is 5.13. The van der Waals surface area contributed by atoms with E-state index in [-0.39, 0.29) is 22.4 Å². The van der Waals surface area contributed by atoms with Crippen molar-refractivity contribution < 1.29 is 27.1 Å². The molecule has 1 aromatic rings. The molecular weight excluding hydrogens is 344 g/mol. The Hall–Kier alpha value is 0.350. The van der Waals surface area contributed by atoms with E-state index < -0.39 is 0 Å². The fourth-order valence-corrected chi connectivity index (χ4v) is 1.10. The molecule has 1 atom stereocenters. The second-order valence-corrected chi connectivity index (χ2v) is 4.02. The molecule has 0 aliphatic carbocycles. The number of benzene rings is 1. The van der Waals surface area contributed by atoms with Crippen LogP contribution in [0.3, 0.4) is 0 Å². The Morgan fingerprint density at radius 1 is 1.05 bits per heavy atom. The van der Waals surface area contributed by atoms with E-state index in [0.717, 1.165) is 26.1 Å². The first-order valence-corrected chi connectivity index (χ1v) is 8.10. The van der Waals surface area contributed by atoms with Crippen LogP contribution in [0.15, 0.2) is 18.2 Å². The number of aryl methyl sites for hydroxylation is 1. The third-order valence-corrected chi connectivity index (χ3v) is 2.44. The van der Waals surface area contributed by atoms with Gasteiger partial charge in [0.2, 0.25) is 0 Å². The second kappa shape index (κ2) is 27.7. The van der Waals surface area contributed by atoms with Crippen LogP contribution in [0.1, 0.15) is 59.9 Å². The zero-order chi connectivity index (χ0) is 15.5. The normalized spacial score (nSPS) is 7.60. The van der Waals surface area contributed by atoms with E-state index in [0.29, 0.717) is 0 Å². The molecule has 3 heteroatoms. The van der Waals surface area contributed by atoms with Crippen molar-refractivity contribution in [1.29, 1.82) is 0 Å². The molecular formula is C17H34NbOP-. The van der Waals surface area contributed by atoms with Gasteiger partial charge < -0.3 is 4.74 Å². The van der Waals surface area contributed by atoms with E-state index in [9.17, 15) is 0 Å². The number of rotatable bonds is 4. The Balaban J connectivity index is -0.0000000991. The van der Waals surface area contributed by atoms with Crippen LogP contribution in [0.25, 0.3) is 0 Å². The number of hydrogen-bond donors (Lipinski definition) is 0. The van der Waals surface area contributed by atoms with Gasteiger partial charge in [-0.05, 0) is 12.8 Å². The number of ether oxygens (including phenoxy) is 1. The maximum Gasteiger partial charge on any atom is 0.0463 e. The van der Waals surface area contributed by atoms with E-state index in [1.165, 1.54) is 10.9 Å². The molecule has 0 N–H and O–H groups in total. The minimum absolute atomic E-state index is 0. The smallest absolute Gasteiger partial charge is 0.0463 e. The maximum absolute atomic E-state index is 5.13. The quantitative estimate of drug-likeness (QED) is 0.304. The largest absolute Gasteiger partial charge is 0.381 e. The Labute approximate surface area is 146 Å². The van der Waals surface area contributed by atoms with E-state index in [2.05, 4.69) is 36.1 Å². The Bertz CT molecular complexity index is 230. The second-order valence-electron chi connectivity index (χ2n) is 3.40. The zero-order valence-electron chi connectivity index (χ0n) is 14.5. The summed E-state index contributed by atoms with van der Waals surface area (Å²) in [5.41, 5.74) is 1.30. The van der Waals surface area contributed by atoms with E-state index in [1.54, 1.807) is 0 Å². The Morgan fingerprint density at radius 3 is 1.75 bits per heavy atom. The predicted molar refractivity (Wildman–Crippen MR) is 93.5 cm³/mol. The molecule has 0 saturated heterocycles. The van der Waals surface area contributed by atoms with Gasteiger partial charge in [-0.25, -0.2) is 0 Å². The standard InChI is InChI=1S/C7H8P.C6H14O.2C2H6.Nb/c1-6-4-2-3-5-7(6)8;1-3-5-7-6-4-2;2*1-2;/h2,4-5H,8H2,1H3;3-6H2,1-2H3;2*1-2H3;/q-1;;;;. The van der Waals surface area contributed by atoms with Crippen LogP contribution in [-0.4, -0.2) is 13.2 Å². The molecule has 0 aliphatic heterocycles. The summed E-state index contributed by atoms with van der Waals surface area (Å²) in [7, 11) is 2.66. The van der Waals surface area contributed by atoms with Gasteiger partial charge in [-0.3, -0.25) is 0 Å². The summed E-state index contributed by atoms with van der Waals surface area (Å²) in [6.07, 6.45) is 2.28. The van der Waals surface area contributed by atoms with Gasteiger partial charge in [-0.15, -0.1) is 5.30 Å². The molecule has 0 fully saturated rings. The zero-order valence-corrected chi connectivity index (χ0v) is 17.8. The third-order valence-electron chi connectivity index (χ3n) is 1.82. The summed E-state index contributed by atoms with van der Waals surface area (Å²) >= 11 is 0. The van der Waals surface area contributed by atoms with E-state index in [1.807, 2.05) is 45.9 Å². The van der Waals surface area contributed by atoms with Gasteiger partial charge in [0.1, 0.15) is 0 Å². The molecule has 0 amide bonds. The average Bonchev–Trinajstić information content (AvgIpc) is 2.48. The molecule has 0 saturated carbocycles. The average molecular weight is 378 g/mol. The van der Waals surface area contributed by atoms with Gasteiger partial charge in [0, 0.05) is 35.6 Å². The van der Waals surface area contributed by atoms with Crippen molar-refractivity contribution in [2.45, 2.75) is 61.3 Å². The minimum atomic E-state index is 0. The van der Waals surface area contributed by atoms with Gasteiger partial charge in [0.05, 0.1) is 0 Å². The van der Waals surface area contributed by atoms with Crippen LogP contribution in [0.4, 0.5) is 0 Å². The van der Waals surface area contributed by atoms with Crippen LogP contribution in [0, 0.1) is 13.0 Å². The van der Waals surface area contributed by atoms with Gasteiger partial charge >= 0.3 is 0 Å². The van der Waals surface area contributed by atoms with E-state index in [4.69, 9.17) is 4.74 Å². The van der Waals surface area contributed by atoms with Crippen molar-refractivity contribution in [3.63, 3.8) is 0 Å². The maximum atomic E-state index is 5.13. The molecule has 119 valence electrons. The van der Waals surface area contributed by atoms with Crippen LogP contribution in [0.5, 0.6) is 0 Å². The van der Waals surface area contributed by atoms with Crippen molar-refractivity contribution in [3.8, 4) is 0 Å². The summed E-state index contributed by atoms with van der Waals surface area (Å²) in [5.74, 6) is 0. The predicted octanol–water partition coefficient (Wildman–Crippen LogP) is 5.17. The van der Waals surface area contributed by atoms with Gasteiger partial charge in [-0.2, -0.15) is 39.1 Å². The van der Waals surface area contributed by atoms with Crippen molar-refractivity contribution in [2.75, 3.05) is 13.2 Å². The summed E-state index contributed by atoms with van der Waals surface area (Å²) in [4.78, 5) is 0. The fraction of sp³-hybridized carbons (Fsp3) is 0.647. The van der Waals surface area contributed by atoms with Crippen LogP contribution < -0.4 is 5.30 Å². The first kappa shape index (κ1) is 28.5. The summed E-state index contributed by atoms with van der Waals surface area (Å²) in [6.45, 7) is 16.2. The molecule has 0 spiro atoms. The Kier molecular flexibility index (Phi) is 39.4. The molecule has 0 bridgehead atoms. The van der Waals surface area contributed by atoms with Gasteiger partial charge in [-0.1, -0.05) is 48.5 Å². The number of hydrogen-bond acceptors (Lipinski definition) is 1. The van der Waals surface area contributed by atoms with E-state index >= 15 is 0 Å². The Morgan fingerprint density at radius 2 is 1.50 bits per heavy atom. The first-order valence-electron chi connectivity index (χ1n) is 7.52. The van der Waals surface area contributed by atoms with Crippen molar-refractivity contribution in [1.82, 2.24) is 0 Å². The molecule has 0 aliphatic rings. The third kappa shape index (κ3) is 23.4. The van der Waals surface area contributed by atoms with Crippen molar-refractivity contribution in [2.24, 2.45) is 0 Å². The first-order chi connectivity index (χ1) is 9.22. The van der Waals surface area contributed by atoms with Crippen molar-refractivity contribution in [3.05, 3.63) is 29.8 Å². The monoisotopic (exact) mass is 378 g/mol.